The summed E-state index contributed by atoms with van der Waals surface area (Å²) < 4.78 is 39.0. The van der Waals surface area contributed by atoms with Gasteiger partial charge in [0.05, 0.1) is 23.6 Å². The summed E-state index contributed by atoms with van der Waals surface area (Å²) in [6, 6.07) is 13.9. The molecule has 31 heavy (non-hydrogen) atoms. The Hall–Kier alpha value is -2.42. The van der Waals surface area contributed by atoms with Crippen LogP contribution in [0.4, 0.5) is 0 Å². The number of likely N-dealkylation sites (N-methyl/N-ethyl adjacent to an activating group) is 1. The molecule has 0 saturated carbocycles. The molecule has 0 radical (unpaired) electrons. The Bertz CT molecular complexity index is 997. The first-order valence-electron chi connectivity index (χ1n) is 10.4. The molecule has 7 nitrogen and oxygen atoms in total. The lowest BCUT2D eigenvalue weighted by molar-refractivity contribution is -0.0440. The third-order valence-electron chi connectivity index (χ3n) is 5.17. The van der Waals surface area contributed by atoms with E-state index in [0.717, 1.165) is 11.3 Å². The minimum absolute atomic E-state index is 0.115. The lowest BCUT2D eigenvalue weighted by atomic mass is 10.2. The van der Waals surface area contributed by atoms with Crippen LogP contribution in [0.5, 0.6) is 5.75 Å². The number of amides is 1. The largest absolute Gasteiger partial charge is 0.492 e. The van der Waals surface area contributed by atoms with E-state index in [4.69, 9.17) is 9.47 Å². The molecule has 2 aromatic rings. The third-order valence-corrected chi connectivity index (χ3v) is 7.00. The Balaban J connectivity index is 1.65. The lowest BCUT2D eigenvalue weighted by Gasteiger charge is -2.34. The summed E-state index contributed by atoms with van der Waals surface area (Å²) in [7, 11) is -2.03. The number of hydrogen-bond acceptors (Lipinski definition) is 5. The molecule has 1 aliphatic heterocycles. The van der Waals surface area contributed by atoms with E-state index in [2.05, 4.69) is 0 Å². The summed E-state index contributed by atoms with van der Waals surface area (Å²) in [6.45, 7) is 7.01. The molecular weight excluding hydrogens is 416 g/mol. The van der Waals surface area contributed by atoms with Crippen molar-refractivity contribution in [1.29, 1.82) is 0 Å². The molecule has 1 aliphatic rings. The van der Waals surface area contributed by atoms with Crippen LogP contribution in [-0.2, 0) is 14.8 Å². The molecule has 0 N–H and O–H groups in total. The molecule has 1 fully saturated rings. The lowest BCUT2D eigenvalue weighted by Crippen LogP contribution is -2.48. The molecule has 2 aromatic carbocycles. The number of benzene rings is 2. The Kier molecular flexibility index (Phi) is 7.35. The minimum atomic E-state index is -3.71. The number of carbonyl (C=O) groups is 1. The maximum atomic E-state index is 13.1. The smallest absolute Gasteiger partial charge is 0.253 e. The minimum Gasteiger partial charge on any atom is -0.492 e. The summed E-state index contributed by atoms with van der Waals surface area (Å²) in [5.74, 6) is 0.488. The molecule has 0 spiro atoms. The third kappa shape index (κ3) is 5.84. The molecule has 0 bridgehead atoms. The molecule has 8 heteroatoms. The van der Waals surface area contributed by atoms with Gasteiger partial charge in [0.25, 0.3) is 5.91 Å². The van der Waals surface area contributed by atoms with Crippen molar-refractivity contribution >= 4 is 15.9 Å². The topological polar surface area (TPSA) is 76.2 Å². The van der Waals surface area contributed by atoms with Gasteiger partial charge in [-0.1, -0.05) is 23.8 Å². The van der Waals surface area contributed by atoms with Crippen molar-refractivity contribution < 1.29 is 22.7 Å². The van der Waals surface area contributed by atoms with Crippen molar-refractivity contribution in [3.05, 3.63) is 59.7 Å². The van der Waals surface area contributed by atoms with E-state index >= 15 is 0 Å². The van der Waals surface area contributed by atoms with Crippen LogP contribution in [0, 0.1) is 6.92 Å². The Morgan fingerprint density at radius 2 is 1.77 bits per heavy atom. The van der Waals surface area contributed by atoms with Gasteiger partial charge in [-0.15, -0.1) is 0 Å². The number of carbonyl (C=O) groups excluding carboxylic acids is 1. The van der Waals surface area contributed by atoms with Crippen LogP contribution >= 0.6 is 0 Å². The van der Waals surface area contributed by atoms with Gasteiger partial charge in [-0.2, -0.15) is 4.31 Å². The van der Waals surface area contributed by atoms with E-state index in [1.165, 1.54) is 21.3 Å². The fourth-order valence-electron chi connectivity index (χ4n) is 3.52. The van der Waals surface area contributed by atoms with Crippen molar-refractivity contribution in [2.24, 2.45) is 0 Å². The first kappa shape index (κ1) is 23.2. The average molecular weight is 447 g/mol. The van der Waals surface area contributed by atoms with Crippen LogP contribution in [-0.4, -0.2) is 69.0 Å². The number of rotatable bonds is 7. The molecule has 168 valence electrons. The van der Waals surface area contributed by atoms with Crippen LogP contribution in [0.3, 0.4) is 0 Å². The number of nitrogens with zero attached hydrogens (tertiary/aromatic N) is 2. The van der Waals surface area contributed by atoms with Gasteiger partial charge in [-0.05, 0) is 51.1 Å². The zero-order valence-corrected chi connectivity index (χ0v) is 19.3. The van der Waals surface area contributed by atoms with E-state index in [-0.39, 0.29) is 23.0 Å². The average Bonchev–Trinajstić information content (AvgIpc) is 2.74. The molecule has 1 heterocycles. The second kappa shape index (κ2) is 9.80. The molecule has 0 aromatic heterocycles. The number of aryl methyl sites for hydroxylation is 1. The Morgan fingerprint density at radius 1 is 1.13 bits per heavy atom. The van der Waals surface area contributed by atoms with E-state index in [9.17, 15) is 13.2 Å². The van der Waals surface area contributed by atoms with Gasteiger partial charge in [0, 0.05) is 25.7 Å². The van der Waals surface area contributed by atoms with E-state index in [1.54, 1.807) is 19.2 Å². The summed E-state index contributed by atoms with van der Waals surface area (Å²) in [6.07, 6.45) is -0.356. The molecule has 2 unspecified atom stereocenters. The van der Waals surface area contributed by atoms with Crippen LogP contribution in [0.1, 0.15) is 29.8 Å². The SMILES string of the molecule is Cc1ccc(OCCN(C)C(=O)c2cccc(S(=O)(=O)N3CC(C)OC(C)C3)c2)cc1. The van der Waals surface area contributed by atoms with E-state index in [0.29, 0.717) is 31.8 Å². The second-order valence-electron chi connectivity index (χ2n) is 8.00. The predicted octanol–water partition coefficient (Wildman–Crippen LogP) is 2.94. The first-order chi connectivity index (χ1) is 14.7. The molecule has 1 amide bonds. The normalized spacial score (nSPS) is 19.7. The molecule has 2 atom stereocenters. The highest BCUT2D eigenvalue weighted by Gasteiger charge is 2.32. The fraction of sp³-hybridized carbons (Fsp3) is 0.435. The second-order valence-corrected chi connectivity index (χ2v) is 9.93. The van der Waals surface area contributed by atoms with Gasteiger partial charge in [0.1, 0.15) is 12.4 Å². The zero-order valence-electron chi connectivity index (χ0n) is 18.4. The quantitative estimate of drug-likeness (QED) is 0.654. The van der Waals surface area contributed by atoms with Crippen LogP contribution < -0.4 is 4.74 Å². The Morgan fingerprint density at radius 3 is 2.42 bits per heavy atom. The van der Waals surface area contributed by atoms with Crippen LogP contribution in [0.2, 0.25) is 0 Å². The van der Waals surface area contributed by atoms with Gasteiger partial charge in [0.2, 0.25) is 10.0 Å². The molecule has 0 aliphatic carbocycles. The summed E-state index contributed by atoms with van der Waals surface area (Å²) >= 11 is 0. The zero-order chi connectivity index (χ0) is 22.6. The molecule has 3 rings (SSSR count). The fourth-order valence-corrected chi connectivity index (χ4v) is 5.16. The van der Waals surface area contributed by atoms with Gasteiger partial charge >= 0.3 is 0 Å². The van der Waals surface area contributed by atoms with Gasteiger partial charge in [-0.3, -0.25) is 4.79 Å². The number of ether oxygens (including phenoxy) is 2. The van der Waals surface area contributed by atoms with Gasteiger partial charge in [0.15, 0.2) is 0 Å². The summed E-state index contributed by atoms with van der Waals surface area (Å²) in [5, 5.41) is 0. The van der Waals surface area contributed by atoms with Crippen LogP contribution in [0.15, 0.2) is 53.4 Å². The van der Waals surface area contributed by atoms with Crippen molar-refractivity contribution in [3.8, 4) is 5.75 Å². The molecular formula is C23H30N2O5S. The van der Waals surface area contributed by atoms with Crippen molar-refractivity contribution in [2.45, 2.75) is 37.9 Å². The van der Waals surface area contributed by atoms with Crippen LogP contribution in [0.25, 0.3) is 0 Å². The summed E-state index contributed by atoms with van der Waals surface area (Å²) in [4.78, 5) is 14.5. The molecule has 1 saturated heterocycles. The summed E-state index contributed by atoms with van der Waals surface area (Å²) in [5.41, 5.74) is 1.48. The Labute approximate surface area is 184 Å². The van der Waals surface area contributed by atoms with Crippen molar-refractivity contribution in [1.82, 2.24) is 9.21 Å². The number of morpholine rings is 1. The monoisotopic (exact) mass is 446 g/mol. The van der Waals surface area contributed by atoms with Gasteiger partial charge in [-0.25, -0.2) is 8.42 Å². The number of sulfonamides is 1. The van der Waals surface area contributed by atoms with Crippen molar-refractivity contribution in [3.63, 3.8) is 0 Å². The standard InChI is InChI=1S/C23H30N2O5S/c1-17-8-10-21(11-9-17)29-13-12-24(4)23(26)20-6-5-7-22(14-20)31(27,28)25-15-18(2)30-19(3)16-25/h5-11,14,18-19H,12-13,15-16H2,1-4H3. The van der Waals surface area contributed by atoms with Gasteiger partial charge < -0.3 is 14.4 Å². The van der Waals surface area contributed by atoms with E-state index < -0.39 is 10.0 Å². The highest BCUT2D eigenvalue weighted by Crippen LogP contribution is 2.22. The van der Waals surface area contributed by atoms with Crippen molar-refractivity contribution in [2.75, 3.05) is 33.3 Å². The number of hydrogen-bond donors (Lipinski definition) is 0. The highest BCUT2D eigenvalue weighted by atomic mass is 32.2. The highest BCUT2D eigenvalue weighted by molar-refractivity contribution is 7.89. The maximum absolute atomic E-state index is 13.1. The maximum Gasteiger partial charge on any atom is 0.253 e. The predicted molar refractivity (Wildman–Crippen MR) is 119 cm³/mol. The van der Waals surface area contributed by atoms with E-state index in [1.807, 2.05) is 45.0 Å². The first-order valence-corrected chi connectivity index (χ1v) is 11.8.